The number of carbonyl (C=O) groups excluding carboxylic acids is 2. The van der Waals surface area contributed by atoms with Crippen LogP contribution in [0.5, 0.6) is 0 Å². The van der Waals surface area contributed by atoms with Gasteiger partial charge in [0.1, 0.15) is 5.78 Å². The molecule has 7 heteroatoms. The number of amides is 1. The number of nitrogens with zero attached hydrogens (tertiary/aromatic N) is 1. The van der Waals surface area contributed by atoms with E-state index in [1.807, 2.05) is 129 Å². The van der Waals surface area contributed by atoms with Crippen LogP contribution < -0.4 is 0 Å². The zero-order valence-electron chi connectivity index (χ0n) is 26.7. The van der Waals surface area contributed by atoms with E-state index in [0.29, 0.717) is 23.6 Å². The molecule has 1 amide bonds. The Bertz CT molecular complexity index is 1120. The first-order chi connectivity index (χ1) is 19.0. The van der Waals surface area contributed by atoms with Crippen LogP contribution in [0.3, 0.4) is 0 Å². The van der Waals surface area contributed by atoms with Crippen LogP contribution in [0, 0.1) is 10.8 Å². The SMILES string of the molecule is CC.CCC(CS(=O)C(C)(C)C)N1C(=O)[C@@](C)(CC(=O)C(C)(C)C)CCC1c1ccc(Cl)cc1.Clc1ccccc1. The summed E-state index contributed by atoms with van der Waals surface area (Å²) in [5, 5.41) is 1.45. The van der Waals surface area contributed by atoms with Crippen molar-refractivity contribution in [2.75, 3.05) is 5.75 Å². The predicted molar refractivity (Wildman–Crippen MR) is 177 cm³/mol. The van der Waals surface area contributed by atoms with Crippen LogP contribution in [-0.4, -0.2) is 37.3 Å². The first-order valence-corrected chi connectivity index (χ1v) is 16.8. The number of hydrogen-bond donors (Lipinski definition) is 0. The molecule has 1 saturated heterocycles. The normalized spacial score (nSPS) is 20.6. The van der Waals surface area contributed by atoms with Gasteiger partial charge in [-0.25, -0.2) is 0 Å². The molecular formula is C34H51Cl2NO3S. The maximum absolute atomic E-state index is 14.0. The monoisotopic (exact) mass is 623 g/mol. The summed E-state index contributed by atoms with van der Waals surface area (Å²) in [7, 11) is -1.09. The van der Waals surface area contributed by atoms with Gasteiger partial charge in [-0.3, -0.25) is 13.8 Å². The molecule has 0 saturated carbocycles. The number of rotatable bonds is 7. The van der Waals surface area contributed by atoms with Crippen LogP contribution in [0.4, 0.5) is 0 Å². The summed E-state index contributed by atoms with van der Waals surface area (Å²) in [6.07, 6.45) is 2.36. The summed E-state index contributed by atoms with van der Waals surface area (Å²) in [4.78, 5) is 28.9. The van der Waals surface area contributed by atoms with Gasteiger partial charge in [-0.15, -0.1) is 0 Å². The number of likely N-dealkylation sites (tertiary alicyclic amines) is 1. The lowest BCUT2D eigenvalue weighted by Gasteiger charge is -2.48. The van der Waals surface area contributed by atoms with E-state index in [4.69, 9.17) is 23.2 Å². The summed E-state index contributed by atoms with van der Waals surface area (Å²) in [5.74, 6) is 0.530. The summed E-state index contributed by atoms with van der Waals surface area (Å²) < 4.78 is 12.7. The largest absolute Gasteiger partial charge is 0.331 e. The van der Waals surface area contributed by atoms with Gasteiger partial charge >= 0.3 is 0 Å². The van der Waals surface area contributed by atoms with Crippen molar-refractivity contribution >= 4 is 45.7 Å². The van der Waals surface area contributed by atoms with E-state index in [1.54, 1.807) is 0 Å². The highest BCUT2D eigenvalue weighted by Gasteiger charge is 2.48. The maximum atomic E-state index is 14.0. The zero-order chi connectivity index (χ0) is 31.6. The Balaban J connectivity index is 0.000000799. The fourth-order valence-electron chi connectivity index (χ4n) is 4.60. The van der Waals surface area contributed by atoms with Gasteiger partial charge in [0.25, 0.3) is 0 Å². The van der Waals surface area contributed by atoms with Gasteiger partial charge in [-0.2, -0.15) is 0 Å². The molecule has 4 nitrogen and oxygen atoms in total. The molecular weight excluding hydrogens is 573 g/mol. The van der Waals surface area contributed by atoms with E-state index >= 15 is 0 Å². The van der Waals surface area contributed by atoms with E-state index in [1.165, 1.54) is 0 Å². The van der Waals surface area contributed by atoms with Gasteiger partial charge in [0, 0.05) is 49.2 Å². The second-order valence-electron chi connectivity index (χ2n) is 12.7. The lowest BCUT2D eigenvalue weighted by atomic mass is 9.70. The molecule has 0 bridgehead atoms. The van der Waals surface area contributed by atoms with Gasteiger partial charge in [0.2, 0.25) is 5.91 Å². The molecule has 4 atom stereocenters. The van der Waals surface area contributed by atoms with E-state index in [-0.39, 0.29) is 34.9 Å². The minimum Gasteiger partial charge on any atom is -0.331 e. The fraction of sp³-hybridized carbons (Fsp3) is 0.588. The third kappa shape index (κ3) is 11.1. The molecule has 230 valence electrons. The fourth-order valence-corrected chi connectivity index (χ4v) is 6.12. The highest BCUT2D eigenvalue weighted by molar-refractivity contribution is 7.86. The molecule has 0 spiro atoms. The molecule has 2 aromatic carbocycles. The van der Waals surface area contributed by atoms with Gasteiger partial charge in [0.05, 0.1) is 11.5 Å². The summed E-state index contributed by atoms with van der Waals surface area (Å²) in [5.41, 5.74) is -0.199. The summed E-state index contributed by atoms with van der Waals surface area (Å²) in [6, 6.07) is 16.8. The summed E-state index contributed by atoms with van der Waals surface area (Å²) >= 11 is 11.7. The first-order valence-electron chi connectivity index (χ1n) is 14.7. The second kappa shape index (κ2) is 16.2. The Hall–Kier alpha value is -1.69. The number of ketones is 1. The minimum absolute atomic E-state index is 0.000871. The smallest absolute Gasteiger partial charge is 0.229 e. The third-order valence-electron chi connectivity index (χ3n) is 7.32. The van der Waals surface area contributed by atoms with Crippen LogP contribution >= 0.6 is 23.2 Å². The molecule has 3 unspecified atom stereocenters. The molecule has 0 aliphatic carbocycles. The van der Waals surface area contributed by atoms with Crippen molar-refractivity contribution in [3.63, 3.8) is 0 Å². The Labute approximate surface area is 262 Å². The molecule has 1 aliphatic heterocycles. The van der Waals surface area contributed by atoms with Crippen LogP contribution in [0.1, 0.15) is 107 Å². The van der Waals surface area contributed by atoms with E-state index in [9.17, 15) is 13.8 Å². The molecule has 0 radical (unpaired) electrons. The summed E-state index contributed by atoms with van der Waals surface area (Å²) in [6.45, 7) is 19.6. The highest BCUT2D eigenvalue weighted by Crippen LogP contribution is 2.45. The quantitative estimate of drug-likeness (QED) is 0.308. The van der Waals surface area contributed by atoms with Crippen molar-refractivity contribution in [1.82, 2.24) is 4.90 Å². The lowest BCUT2D eigenvalue weighted by molar-refractivity contribution is -0.156. The topological polar surface area (TPSA) is 54.5 Å². The maximum Gasteiger partial charge on any atom is 0.229 e. The number of halogens is 2. The van der Waals surface area contributed by atoms with Crippen molar-refractivity contribution in [1.29, 1.82) is 0 Å². The predicted octanol–water partition coefficient (Wildman–Crippen LogP) is 9.71. The van der Waals surface area contributed by atoms with Gasteiger partial charge in [0.15, 0.2) is 0 Å². The molecule has 0 N–H and O–H groups in total. The Kier molecular flexibility index (Phi) is 14.8. The molecule has 0 aromatic heterocycles. The number of Topliss-reactive ketones (excluding diaryl/α,β-unsaturated/α-hetero) is 1. The Morgan fingerprint density at radius 3 is 1.90 bits per heavy atom. The van der Waals surface area contributed by atoms with Crippen molar-refractivity contribution in [2.45, 2.75) is 112 Å². The molecule has 1 heterocycles. The van der Waals surface area contributed by atoms with Crippen molar-refractivity contribution in [3.05, 3.63) is 70.2 Å². The van der Waals surface area contributed by atoms with Crippen molar-refractivity contribution < 1.29 is 13.8 Å². The first kappa shape index (κ1) is 37.3. The number of hydrogen-bond acceptors (Lipinski definition) is 3. The van der Waals surface area contributed by atoms with E-state index in [2.05, 4.69) is 0 Å². The van der Waals surface area contributed by atoms with Crippen LogP contribution in [0.25, 0.3) is 0 Å². The molecule has 2 aromatic rings. The van der Waals surface area contributed by atoms with Gasteiger partial charge in [-0.1, -0.05) is 102 Å². The van der Waals surface area contributed by atoms with Crippen molar-refractivity contribution in [3.8, 4) is 0 Å². The van der Waals surface area contributed by atoms with Crippen molar-refractivity contribution in [2.24, 2.45) is 10.8 Å². The van der Waals surface area contributed by atoms with Crippen LogP contribution in [0.2, 0.25) is 10.0 Å². The number of carbonyl (C=O) groups is 2. The average molecular weight is 625 g/mol. The number of piperidine rings is 1. The zero-order valence-corrected chi connectivity index (χ0v) is 29.1. The van der Waals surface area contributed by atoms with E-state index < -0.39 is 21.6 Å². The second-order valence-corrected chi connectivity index (χ2v) is 15.8. The van der Waals surface area contributed by atoms with Gasteiger partial charge in [-0.05, 0) is 69.9 Å². The molecule has 41 heavy (non-hydrogen) atoms. The van der Waals surface area contributed by atoms with Gasteiger partial charge < -0.3 is 4.90 Å². The van der Waals surface area contributed by atoms with Crippen LogP contribution in [0.15, 0.2) is 54.6 Å². The highest BCUT2D eigenvalue weighted by atomic mass is 35.5. The van der Waals surface area contributed by atoms with Crippen LogP contribution in [-0.2, 0) is 20.4 Å². The Morgan fingerprint density at radius 2 is 1.49 bits per heavy atom. The average Bonchev–Trinajstić information content (AvgIpc) is 2.90. The standard InChI is InChI=1S/C26H40ClNO3S.C6H5Cl.C2H6/c1-9-20(17-32(31)25(5,6)7)28-21(18-10-12-19(27)13-11-18)14-15-26(8,23(28)30)16-22(29)24(2,3)4;7-6-4-2-1-3-5-6;1-2/h10-13,20-21H,9,14-17H2,1-8H3;1-5H;1-2H3/t20?,21?,26-,32?;;/m1../s1. The van der Waals surface area contributed by atoms with E-state index in [0.717, 1.165) is 17.0 Å². The lowest BCUT2D eigenvalue weighted by Crippen LogP contribution is -2.55. The number of benzene rings is 2. The third-order valence-corrected chi connectivity index (χ3v) is 9.88. The molecule has 1 fully saturated rings. The Morgan fingerprint density at radius 1 is 0.976 bits per heavy atom. The minimum atomic E-state index is -1.09. The molecule has 1 aliphatic rings. The molecule has 3 rings (SSSR count).